The van der Waals surface area contributed by atoms with E-state index in [1.54, 1.807) is 18.5 Å². The van der Waals surface area contributed by atoms with Gasteiger partial charge >= 0.3 is 0 Å². The van der Waals surface area contributed by atoms with E-state index < -0.39 is 18.2 Å². The molecule has 0 unspecified atom stereocenters. The Morgan fingerprint density at radius 1 is 1.02 bits per heavy atom. The number of rotatable bonds is 3. The molecule has 5 atom stereocenters. The van der Waals surface area contributed by atoms with E-state index in [1.807, 2.05) is 48.5 Å². The largest absolute Gasteiger partial charge is 0.493 e. The maximum Gasteiger partial charge on any atom is 0.255 e. The maximum atomic E-state index is 13.6. The van der Waals surface area contributed by atoms with E-state index in [1.165, 1.54) is 0 Å². The van der Waals surface area contributed by atoms with Crippen LogP contribution >= 0.6 is 11.6 Å². The quantitative estimate of drug-likeness (QED) is 0.427. The van der Waals surface area contributed by atoms with Crippen LogP contribution in [0.15, 0.2) is 67.0 Å². The van der Waals surface area contributed by atoms with Gasteiger partial charge in [-0.05, 0) is 72.4 Å². The van der Waals surface area contributed by atoms with E-state index in [0.29, 0.717) is 61.7 Å². The Kier molecular flexibility index (Phi) is 8.71. The van der Waals surface area contributed by atoms with Crippen molar-refractivity contribution in [2.24, 2.45) is 0 Å². The standard InChI is InChI=1S/C32H35ClN4O5/c33-23-3-1-2-20(14-23)18-37-19-24-16-27(37)32(40)35-17-30-28(38)7-5-25(42-30)10-13-41-29-15-22(21-8-11-34-12-9-21)4-6-26(29)31(39)36-24/h1-4,6,8-9,11-12,14-15,24-25,27-28,30,38H,5,7,10,13,16-19H2,(H,35,40)(H,36,39)/t24-,25-,27-,28-,30+/m0/s1. The number of aliphatic hydroxyl groups excluding tert-OH is 1. The van der Waals surface area contributed by atoms with Crippen molar-refractivity contribution in [2.75, 3.05) is 19.7 Å². The fraction of sp³-hybridized carbons (Fsp3) is 0.406. The summed E-state index contributed by atoms with van der Waals surface area (Å²) < 4.78 is 12.4. The van der Waals surface area contributed by atoms with Crippen LogP contribution in [0.3, 0.4) is 0 Å². The molecule has 4 heterocycles. The normalized spacial score (nSPS) is 27.0. The summed E-state index contributed by atoms with van der Waals surface area (Å²) in [7, 11) is 0. The van der Waals surface area contributed by atoms with Crippen molar-refractivity contribution < 1.29 is 24.2 Å². The lowest BCUT2D eigenvalue weighted by Crippen LogP contribution is -2.50. The summed E-state index contributed by atoms with van der Waals surface area (Å²) in [5, 5.41) is 17.4. The fourth-order valence-electron chi connectivity index (χ4n) is 6.11. The van der Waals surface area contributed by atoms with Gasteiger partial charge in [-0.15, -0.1) is 0 Å². The number of halogens is 1. The summed E-state index contributed by atoms with van der Waals surface area (Å²) >= 11 is 6.23. The summed E-state index contributed by atoms with van der Waals surface area (Å²) in [6, 6.07) is 16.2. The number of amides is 2. The van der Waals surface area contributed by atoms with Crippen molar-refractivity contribution in [3.05, 3.63) is 83.1 Å². The van der Waals surface area contributed by atoms with Crippen molar-refractivity contribution in [2.45, 2.75) is 62.6 Å². The Morgan fingerprint density at radius 3 is 2.71 bits per heavy atom. The zero-order chi connectivity index (χ0) is 29.1. The third-order valence-corrected chi connectivity index (χ3v) is 8.55. The third-order valence-electron chi connectivity index (χ3n) is 8.31. The Bertz CT molecular complexity index is 1420. The first kappa shape index (κ1) is 28.6. The number of hydrogen-bond acceptors (Lipinski definition) is 7. The van der Waals surface area contributed by atoms with Gasteiger partial charge in [0, 0.05) is 49.5 Å². The Labute approximate surface area is 250 Å². The van der Waals surface area contributed by atoms with Crippen LogP contribution in [-0.2, 0) is 16.1 Å². The molecule has 0 saturated carbocycles. The van der Waals surface area contributed by atoms with Crippen LogP contribution in [-0.4, -0.2) is 76.9 Å². The molecule has 6 rings (SSSR count). The molecule has 0 spiro atoms. The molecule has 2 amide bonds. The molecule has 3 aromatic rings. The van der Waals surface area contributed by atoms with Crippen LogP contribution in [0, 0.1) is 0 Å². The van der Waals surface area contributed by atoms with E-state index in [4.69, 9.17) is 21.1 Å². The smallest absolute Gasteiger partial charge is 0.255 e. The van der Waals surface area contributed by atoms with Gasteiger partial charge in [0.05, 0.1) is 30.4 Å². The third kappa shape index (κ3) is 6.60. The van der Waals surface area contributed by atoms with E-state index in [-0.39, 0.29) is 30.5 Å². The van der Waals surface area contributed by atoms with Gasteiger partial charge in [0.2, 0.25) is 5.91 Å². The van der Waals surface area contributed by atoms with Crippen LogP contribution in [0.2, 0.25) is 5.02 Å². The number of pyridine rings is 1. The van der Waals surface area contributed by atoms with Crippen LogP contribution in [0.25, 0.3) is 11.1 Å². The highest BCUT2D eigenvalue weighted by Gasteiger charge is 2.39. The zero-order valence-electron chi connectivity index (χ0n) is 23.2. The Morgan fingerprint density at radius 2 is 1.88 bits per heavy atom. The minimum absolute atomic E-state index is 0.126. The maximum absolute atomic E-state index is 13.6. The lowest BCUT2D eigenvalue weighted by atomic mass is 9.99. The molecule has 0 aliphatic carbocycles. The number of carbonyl (C=O) groups is 2. The number of nitrogens with zero attached hydrogens (tertiary/aromatic N) is 2. The molecule has 220 valence electrons. The van der Waals surface area contributed by atoms with Crippen LogP contribution in [0.4, 0.5) is 0 Å². The molecule has 0 radical (unpaired) electrons. The Balaban J connectivity index is 1.29. The first-order chi connectivity index (χ1) is 20.4. The summed E-state index contributed by atoms with van der Waals surface area (Å²) in [5.41, 5.74) is 3.31. The molecular weight excluding hydrogens is 556 g/mol. The number of likely N-dealkylation sites (tertiary alicyclic amines) is 1. The predicted molar refractivity (Wildman–Crippen MR) is 158 cm³/mol. The number of aromatic nitrogens is 1. The highest BCUT2D eigenvalue weighted by atomic mass is 35.5. The molecule has 10 heteroatoms. The highest BCUT2D eigenvalue weighted by molar-refractivity contribution is 6.30. The molecule has 9 nitrogen and oxygen atoms in total. The molecule has 3 aliphatic heterocycles. The lowest BCUT2D eigenvalue weighted by molar-refractivity contribution is -0.133. The zero-order valence-corrected chi connectivity index (χ0v) is 24.0. The van der Waals surface area contributed by atoms with E-state index in [9.17, 15) is 14.7 Å². The average molecular weight is 591 g/mol. The van der Waals surface area contributed by atoms with E-state index in [2.05, 4.69) is 20.5 Å². The fourth-order valence-corrected chi connectivity index (χ4v) is 6.32. The van der Waals surface area contributed by atoms with Crippen molar-refractivity contribution in [3.63, 3.8) is 0 Å². The number of fused-ring (bicyclic) bond motifs is 5. The van der Waals surface area contributed by atoms with Gasteiger partial charge in [-0.1, -0.05) is 29.8 Å². The number of nitrogens with one attached hydrogen (secondary N) is 2. The molecule has 3 aliphatic rings. The number of ether oxygens (including phenoxy) is 2. The summed E-state index contributed by atoms with van der Waals surface area (Å²) in [4.78, 5) is 33.3. The van der Waals surface area contributed by atoms with Crippen LogP contribution in [0.1, 0.15) is 41.6 Å². The van der Waals surface area contributed by atoms with Gasteiger partial charge in [0.25, 0.3) is 5.91 Å². The van der Waals surface area contributed by atoms with Crippen molar-refractivity contribution in [1.82, 2.24) is 20.5 Å². The van der Waals surface area contributed by atoms with E-state index in [0.717, 1.165) is 16.7 Å². The molecular formula is C32H35ClN4O5. The van der Waals surface area contributed by atoms with Gasteiger partial charge in [-0.25, -0.2) is 0 Å². The summed E-state index contributed by atoms with van der Waals surface area (Å²) in [6.07, 6.45) is 4.50. The molecule has 2 aromatic carbocycles. The first-order valence-electron chi connectivity index (χ1n) is 14.5. The second-order valence-corrected chi connectivity index (χ2v) is 11.7. The van der Waals surface area contributed by atoms with Gasteiger partial charge < -0.3 is 25.2 Å². The summed E-state index contributed by atoms with van der Waals surface area (Å²) in [6.45, 7) is 1.56. The summed E-state index contributed by atoms with van der Waals surface area (Å²) in [5.74, 6) is 0.0955. The number of hydrogen-bond donors (Lipinski definition) is 3. The highest BCUT2D eigenvalue weighted by Crippen LogP contribution is 2.30. The second kappa shape index (κ2) is 12.8. The van der Waals surface area contributed by atoms with Gasteiger partial charge in [0.15, 0.2) is 0 Å². The molecule has 3 N–H and O–H groups in total. The number of carbonyl (C=O) groups excluding carboxylic acids is 2. The SMILES string of the molecule is O=C1N[C@H]2C[C@@H](C(=O)NC[C@H]3O[C@H](CCOc4cc(-c5ccncc5)ccc41)CC[C@@H]3O)N(Cc1cccc(Cl)c1)C2. The lowest BCUT2D eigenvalue weighted by Gasteiger charge is -2.34. The minimum Gasteiger partial charge on any atom is -0.493 e. The molecule has 1 aromatic heterocycles. The van der Waals surface area contributed by atoms with Gasteiger partial charge in [0.1, 0.15) is 11.9 Å². The minimum atomic E-state index is -0.650. The second-order valence-electron chi connectivity index (χ2n) is 11.3. The Hall–Kier alpha value is -3.50. The molecule has 42 heavy (non-hydrogen) atoms. The van der Waals surface area contributed by atoms with Crippen molar-refractivity contribution in [1.29, 1.82) is 0 Å². The van der Waals surface area contributed by atoms with Crippen molar-refractivity contribution >= 4 is 23.4 Å². The predicted octanol–water partition coefficient (Wildman–Crippen LogP) is 3.58. The van der Waals surface area contributed by atoms with Crippen LogP contribution in [0.5, 0.6) is 5.75 Å². The van der Waals surface area contributed by atoms with Crippen LogP contribution < -0.4 is 15.4 Å². The molecule has 2 fully saturated rings. The van der Waals surface area contributed by atoms with E-state index >= 15 is 0 Å². The molecule has 2 saturated heterocycles. The topological polar surface area (TPSA) is 113 Å². The van der Waals surface area contributed by atoms with Gasteiger partial charge in [-0.2, -0.15) is 0 Å². The number of aliphatic hydroxyl groups is 1. The first-order valence-corrected chi connectivity index (χ1v) is 14.9. The molecule has 4 bridgehead atoms. The monoisotopic (exact) mass is 590 g/mol. The van der Waals surface area contributed by atoms with Gasteiger partial charge in [-0.3, -0.25) is 19.5 Å². The van der Waals surface area contributed by atoms with Crippen molar-refractivity contribution in [3.8, 4) is 16.9 Å². The average Bonchev–Trinajstić information content (AvgIpc) is 3.38. The number of benzene rings is 2.